The number of aliphatic carboxylic acids is 1. The zero-order chi connectivity index (χ0) is 15.7. The second-order valence-electron chi connectivity index (χ2n) is 5.24. The van der Waals surface area contributed by atoms with Gasteiger partial charge in [0, 0.05) is 18.2 Å². The lowest BCUT2D eigenvalue weighted by atomic mass is 10.1. The summed E-state index contributed by atoms with van der Waals surface area (Å²) in [4.78, 5) is 21.9. The van der Waals surface area contributed by atoms with Crippen LogP contribution in [0.25, 0.3) is 0 Å². The van der Waals surface area contributed by atoms with Crippen molar-refractivity contribution >= 4 is 33.5 Å². The zero-order valence-electron chi connectivity index (χ0n) is 12.0. The van der Waals surface area contributed by atoms with Crippen LogP contribution in [-0.2, 0) is 19.4 Å². The average Bonchev–Trinajstić information content (AvgIpc) is 2.74. The summed E-state index contributed by atoms with van der Waals surface area (Å²) in [5.74, 6) is -0.0971. The maximum Gasteiger partial charge on any atom is 0.303 e. The number of rotatable bonds is 10. The van der Waals surface area contributed by atoms with Crippen LogP contribution in [-0.4, -0.2) is 54.5 Å². The number of carbonyl (C=O) groups is 2. The smallest absolute Gasteiger partial charge is 0.303 e. The van der Waals surface area contributed by atoms with Crippen molar-refractivity contribution in [2.24, 2.45) is 0 Å². The second-order valence-corrected chi connectivity index (χ2v) is 8.76. The first-order valence-electron chi connectivity index (χ1n) is 7.19. The van der Waals surface area contributed by atoms with Crippen LogP contribution in [0.15, 0.2) is 0 Å². The Hall–Kier alpha value is -0.760. The van der Waals surface area contributed by atoms with E-state index in [9.17, 15) is 18.0 Å². The van der Waals surface area contributed by atoms with Gasteiger partial charge < -0.3 is 10.4 Å². The standard InChI is InChI=1S/C13H23NO5S2/c15-12(9-20-11-6-8-21(18,19)10-11)14-7-4-2-1-3-5-13(16)17/h11H,1-10H2,(H,14,15)(H,16,17). The van der Waals surface area contributed by atoms with Crippen molar-refractivity contribution in [3.63, 3.8) is 0 Å². The van der Waals surface area contributed by atoms with Gasteiger partial charge in [-0.15, -0.1) is 11.8 Å². The molecule has 1 saturated heterocycles. The van der Waals surface area contributed by atoms with E-state index >= 15 is 0 Å². The molecule has 0 aromatic rings. The van der Waals surface area contributed by atoms with Crippen molar-refractivity contribution in [3.8, 4) is 0 Å². The van der Waals surface area contributed by atoms with Gasteiger partial charge in [0.1, 0.15) is 0 Å². The molecule has 1 heterocycles. The van der Waals surface area contributed by atoms with Crippen LogP contribution >= 0.6 is 11.8 Å². The Kier molecular flexibility index (Phi) is 8.10. The van der Waals surface area contributed by atoms with Gasteiger partial charge in [-0.3, -0.25) is 9.59 Å². The van der Waals surface area contributed by atoms with Gasteiger partial charge in [0.15, 0.2) is 9.84 Å². The molecule has 0 aromatic heterocycles. The number of sulfone groups is 1. The second kappa shape index (κ2) is 9.30. The van der Waals surface area contributed by atoms with E-state index in [4.69, 9.17) is 5.11 Å². The van der Waals surface area contributed by atoms with Crippen molar-refractivity contribution in [1.82, 2.24) is 5.32 Å². The maximum absolute atomic E-state index is 11.6. The lowest BCUT2D eigenvalue weighted by Gasteiger charge is -2.08. The molecule has 1 aliphatic heterocycles. The van der Waals surface area contributed by atoms with Crippen LogP contribution < -0.4 is 5.32 Å². The van der Waals surface area contributed by atoms with E-state index in [1.165, 1.54) is 11.8 Å². The predicted octanol–water partition coefficient (Wildman–Crippen LogP) is 1.06. The van der Waals surface area contributed by atoms with E-state index in [2.05, 4.69) is 5.32 Å². The first-order chi connectivity index (χ1) is 9.89. The van der Waals surface area contributed by atoms with Gasteiger partial charge in [-0.05, 0) is 19.3 Å². The van der Waals surface area contributed by atoms with Gasteiger partial charge in [-0.25, -0.2) is 8.42 Å². The molecule has 1 fully saturated rings. The van der Waals surface area contributed by atoms with Crippen LogP contribution in [0.1, 0.15) is 38.5 Å². The number of unbranched alkanes of at least 4 members (excludes halogenated alkanes) is 3. The van der Waals surface area contributed by atoms with E-state index < -0.39 is 15.8 Å². The van der Waals surface area contributed by atoms with Gasteiger partial charge in [0.2, 0.25) is 5.91 Å². The number of amides is 1. The Bertz CT molecular complexity index is 449. The van der Waals surface area contributed by atoms with Crippen molar-refractivity contribution in [2.45, 2.75) is 43.8 Å². The lowest BCUT2D eigenvalue weighted by Crippen LogP contribution is -2.27. The first kappa shape index (κ1) is 18.3. The van der Waals surface area contributed by atoms with Gasteiger partial charge in [0.05, 0.1) is 17.3 Å². The van der Waals surface area contributed by atoms with Crippen LogP contribution in [0.5, 0.6) is 0 Å². The summed E-state index contributed by atoms with van der Waals surface area (Å²) >= 11 is 1.41. The minimum Gasteiger partial charge on any atom is -0.481 e. The van der Waals surface area contributed by atoms with E-state index in [1.807, 2.05) is 0 Å². The molecule has 2 N–H and O–H groups in total. The lowest BCUT2D eigenvalue weighted by molar-refractivity contribution is -0.137. The topological polar surface area (TPSA) is 101 Å². The number of hydrogen-bond donors (Lipinski definition) is 2. The third kappa shape index (κ3) is 8.98. The number of carboxylic acids is 1. The van der Waals surface area contributed by atoms with Crippen LogP contribution in [0.3, 0.4) is 0 Å². The van der Waals surface area contributed by atoms with Crippen molar-refractivity contribution in [1.29, 1.82) is 0 Å². The molecule has 8 heteroatoms. The number of hydrogen-bond acceptors (Lipinski definition) is 5. The molecule has 1 rings (SSSR count). The third-order valence-corrected chi connectivity index (χ3v) is 6.56. The molecule has 1 amide bonds. The van der Waals surface area contributed by atoms with Gasteiger partial charge in [0.25, 0.3) is 0 Å². The molecule has 1 unspecified atom stereocenters. The zero-order valence-corrected chi connectivity index (χ0v) is 13.7. The summed E-state index contributed by atoms with van der Waals surface area (Å²) in [5.41, 5.74) is 0. The molecule has 1 atom stereocenters. The fraction of sp³-hybridized carbons (Fsp3) is 0.846. The molecule has 6 nitrogen and oxygen atoms in total. The molecule has 0 aromatic carbocycles. The van der Waals surface area contributed by atoms with E-state index in [-0.39, 0.29) is 29.1 Å². The summed E-state index contributed by atoms with van der Waals surface area (Å²) < 4.78 is 22.5. The molecular weight excluding hydrogens is 314 g/mol. The SMILES string of the molecule is O=C(O)CCCCCCNC(=O)CSC1CCS(=O)(=O)C1. The highest BCUT2D eigenvalue weighted by Gasteiger charge is 2.28. The number of thioether (sulfide) groups is 1. The molecule has 0 aliphatic carbocycles. The Labute approximate surface area is 130 Å². The molecule has 0 spiro atoms. The van der Waals surface area contributed by atoms with Gasteiger partial charge >= 0.3 is 5.97 Å². The molecule has 21 heavy (non-hydrogen) atoms. The maximum atomic E-state index is 11.6. The molecule has 122 valence electrons. The highest BCUT2D eigenvalue weighted by Crippen LogP contribution is 2.23. The molecule has 1 aliphatic rings. The van der Waals surface area contributed by atoms with Crippen LogP contribution in [0, 0.1) is 0 Å². The molecule has 0 bridgehead atoms. The Morgan fingerprint density at radius 3 is 2.52 bits per heavy atom. The van der Waals surface area contributed by atoms with Crippen LogP contribution in [0.2, 0.25) is 0 Å². The molecule has 0 radical (unpaired) electrons. The number of nitrogens with one attached hydrogen (secondary N) is 1. The van der Waals surface area contributed by atoms with Crippen LogP contribution in [0.4, 0.5) is 0 Å². The summed E-state index contributed by atoms with van der Waals surface area (Å²) in [5, 5.41) is 11.3. The van der Waals surface area contributed by atoms with E-state index in [1.54, 1.807) is 0 Å². The highest BCUT2D eigenvalue weighted by atomic mass is 32.2. The minimum atomic E-state index is -2.87. The highest BCUT2D eigenvalue weighted by molar-refractivity contribution is 8.02. The number of carbonyl (C=O) groups excluding carboxylic acids is 1. The quantitative estimate of drug-likeness (QED) is 0.578. The van der Waals surface area contributed by atoms with Crippen molar-refractivity contribution < 1.29 is 23.1 Å². The summed E-state index contributed by atoms with van der Waals surface area (Å²) in [6, 6.07) is 0. The molecule has 0 saturated carbocycles. The third-order valence-electron chi connectivity index (χ3n) is 3.28. The van der Waals surface area contributed by atoms with Gasteiger partial charge in [-0.2, -0.15) is 0 Å². The fourth-order valence-corrected chi connectivity index (χ4v) is 5.59. The van der Waals surface area contributed by atoms with Gasteiger partial charge in [-0.1, -0.05) is 12.8 Å². The minimum absolute atomic E-state index is 0.0526. The number of carboxylic acid groups (broad SMARTS) is 1. The Morgan fingerprint density at radius 2 is 1.90 bits per heavy atom. The normalized spacial score (nSPS) is 20.3. The molecular formula is C13H23NO5S2. The first-order valence-corrected chi connectivity index (χ1v) is 10.1. The largest absolute Gasteiger partial charge is 0.481 e. The van der Waals surface area contributed by atoms with Crippen molar-refractivity contribution in [2.75, 3.05) is 23.8 Å². The Morgan fingerprint density at radius 1 is 1.19 bits per heavy atom. The summed E-state index contributed by atoms with van der Waals surface area (Å²) in [6.45, 7) is 0.593. The Balaban J connectivity index is 1.96. The summed E-state index contributed by atoms with van der Waals surface area (Å²) in [6.07, 6.45) is 4.12. The summed E-state index contributed by atoms with van der Waals surface area (Å²) in [7, 11) is -2.87. The predicted molar refractivity (Wildman–Crippen MR) is 83.2 cm³/mol. The monoisotopic (exact) mass is 337 g/mol. The van der Waals surface area contributed by atoms with E-state index in [0.29, 0.717) is 25.1 Å². The average molecular weight is 337 g/mol. The van der Waals surface area contributed by atoms with E-state index in [0.717, 1.165) is 19.3 Å². The van der Waals surface area contributed by atoms with Crippen molar-refractivity contribution in [3.05, 3.63) is 0 Å². The fourth-order valence-electron chi connectivity index (χ4n) is 2.12.